The first kappa shape index (κ1) is 27.7. The van der Waals surface area contributed by atoms with Gasteiger partial charge in [0.15, 0.2) is 0 Å². The third-order valence-electron chi connectivity index (χ3n) is 8.77. The first-order valence-electron chi connectivity index (χ1n) is 14.6. The van der Waals surface area contributed by atoms with Crippen molar-refractivity contribution < 1.29 is 14.2 Å². The van der Waals surface area contributed by atoms with E-state index in [0.29, 0.717) is 16.7 Å². The Balaban J connectivity index is 1.81. The summed E-state index contributed by atoms with van der Waals surface area (Å²) in [5.74, 6) is 0.117. The third-order valence-corrected chi connectivity index (χ3v) is 14.3. The van der Waals surface area contributed by atoms with Crippen LogP contribution in [0.1, 0.15) is 30.5 Å². The number of allylic oxidation sites excluding steroid dienone is 1. The van der Waals surface area contributed by atoms with E-state index in [2.05, 4.69) is 4.67 Å². The van der Waals surface area contributed by atoms with E-state index in [9.17, 15) is 9.59 Å². The average Bonchev–Trinajstić information content (AvgIpc) is 3.57. The summed E-state index contributed by atoms with van der Waals surface area (Å²) in [4.78, 5) is 29.0. The van der Waals surface area contributed by atoms with E-state index in [0.717, 1.165) is 27.3 Å². The van der Waals surface area contributed by atoms with Crippen molar-refractivity contribution in [2.45, 2.75) is 19.4 Å². The molecule has 5 nitrogen and oxygen atoms in total. The van der Waals surface area contributed by atoms with Gasteiger partial charge in [0.2, 0.25) is 0 Å². The molecule has 0 aromatic heterocycles. The fourth-order valence-corrected chi connectivity index (χ4v) is 13.5. The summed E-state index contributed by atoms with van der Waals surface area (Å²) in [6.45, 7) is -1.47. The molecule has 2 aliphatic rings. The number of ketones is 2. The second-order valence-corrected chi connectivity index (χ2v) is 15.1. The van der Waals surface area contributed by atoms with E-state index in [1.807, 2.05) is 152 Å². The van der Waals surface area contributed by atoms with Crippen LogP contribution in [0, 0.1) is 0 Å². The molecule has 6 heteroatoms. The van der Waals surface area contributed by atoms with Crippen LogP contribution in [0.4, 0.5) is 0 Å². The molecule has 0 saturated carbocycles. The summed E-state index contributed by atoms with van der Waals surface area (Å²) >= 11 is 0. The van der Waals surface area contributed by atoms with E-state index in [4.69, 9.17) is 9.78 Å². The van der Waals surface area contributed by atoms with Gasteiger partial charge in [0.05, 0.1) is 0 Å². The van der Waals surface area contributed by atoms with E-state index in [1.165, 1.54) is 0 Å². The van der Waals surface area contributed by atoms with Crippen LogP contribution in [0.3, 0.4) is 0 Å². The van der Waals surface area contributed by atoms with Crippen molar-refractivity contribution in [3.63, 3.8) is 0 Å². The second kappa shape index (κ2) is 10.3. The predicted octanol–water partition coefficient (Wildman–Crippen LogP) is 7.10. The van der Waals surface area contributed by atoms with Gasteiger partial charge in [-0.3, -0.25) is 0 Å². The Kier molecular flexibility index (Phi) is 6.46. The van der Waals surface area contributed by atoms with Gasteiger partial charge in [-0.2, -0.15) is 0 Å². The van der Waals surface area contributed by atoms with E-state index in [-0.39, 0.29) is 11.6 Å². The number of benzene rings is 5. The first-order valence-corrected chi connectivity index (χ1v) is 16.7. The molecular formula is C38H31N2O3P. The van der Waals surface area contributed by atoms with Crippen LogP contribution in [-0.4, -0.2) is 22.1 Å². The van der Waals surface area contributed by atoms with Gasteiger partial charge in [-0.25, -0.2) is 0 Å². The Bertz CT molecular complexity index is 1860. The van der Waals surface area contributed by atoms with Crippen molar-refractivity contribution in [3.05, 3.63) is 179 Å². The van der Waals surface area contributed by atoms with Crippen molar-refractivity contribution in [2.24, 2.45) is 5.16 Å². The summed E-state index contributed by atoms with van der Waals surface area (Å²) in [6, 6.07) is 49.6. The number of carbonyl (C=O) groups excluding carboxylic acids is 2. The van der Waals surface area contributed by atoms with Crippen molar-refractivity contribution in [2.75, 3.05) is 0 Å². The van der Waals surface area contributed by atoms with Crippen LogP contribution in [-0.2, 0) is 19.8 Å². The number of nitrogens with zero attached hydrogens (tertiary/aromatic N) is 2. The van der Waals surface area contributed by atoms with Crippen LogP contribution in [0.2, 0.25) is 0 Å². The van der Waals surface area contributed by atoms with Crippen LogP contribution >= 0.6 is 6.98 Å². The normalized spacial score (nSPS) is 18.4. The molecule has 0 radical (unpaired) electrons. The van der Waals surface area contributed by atoms with Gasteiger partial charge in [-0.15, -0.1) is 0 Å². The molecule has 0 N–H and O–H groups in total. The molecule has 0 saturated heterocycles. The summed E-state index contributed by atoms with van der Waals surface area (Å²) in [5.41, 5.74) is 1.61. The summed E-state index contributed by atoms with van der Waals surface area (Å²) < 4.78 is 9.39. The molecule has 7 rings (SSSR count). The first-order chi connectivity index (χ1) is 21.5. The summed E-state index contributed by atoms with van der Waals surface area (Å²) in [5, 5.41) is 6.91. The number of amidine groups is 1. The van der Waals surface area contributed by atoms with E-state index >= 15 is 0 Å². The average molecular weight is 595 g/mol. The van der Waals surface area contributed by atoms with Gasteiger partial charge in [0.1, 0.15) is 0 Å². The molecule has 2 heterocycles. The van der Waals surface area contributed by atoms with Crippen LogP contribution in [0.5, 0.6) is 0 Å². The molecule has 5 aromatic carbocycles. The zero-order valence-electron chi connectivity index (χ0n) is 24.5. The molecule has 44 heavy (non-hydrogen) atoms. The number of oxime groups is 1. The number of hydrogen-bond donors (Lipinski definition) is 0. The number of carbonyl (C=O) groups is 2. The standard InChI is InChI=1S/C38H31N2O3P/c1-28(41)35-36(29(2)42)44(33-24-14-6-15-25-33,34-26-16-7-17-27-34)40(37(39-43-44)30-18-8-3-9-19-30)38(35,31-20-10-4-11-21-31)32-22-12-5-13-23-32/h3-27H,1-2H3. The molecule has 216 valence electrons. The molecule has 0 aliphatic carbocycles. The monoisotopic (exact) mass is 594 g/mol. The van der Waals surface area contributed by atoms with Gasteiger partial charge in [0.25, 0.3) is 0 Å². The molecule has 0 bridgehead atoms. The van der Waals surface area contributed by atoms with Gasteiger partial charge in [0, 0.05) is 0 Å². The molecule has 0 unspecified atom stereocenters. The number of fused-ring (bicyclic) bond motifs is 1. The molecule has 0 atom stereocenters. The van der Waals surface area contributed by atoms with E-state index in [1.54, 1.807) is 13.8 Å². The number of rotatable bonds is 7. The quantitative estimate of drug-likeness (QED) is 0.189. The second-order valence-electron chi connectivity index (χ2n) is 11.1. The Labute approximate surface area is 257 Å². The van der Waals surface area contributed by atoms with Crippen LogP contribution < -0.4 is 10.6 Å². The summed E-state index contributed by atoms with van der Waals surface area (Å²) in [7, 11) is 0. The molecule has 0 amide bonds. The molecule has 0 spiro atoms. The fourth-order valence-electron chi connectivity index (χ4n) is 7.30. The maximum absolute atomic E-state index is 14.5. The topological polar surface area (TPSA) is 59.0 Å². The zero-order valence-corrected chi connectivity index (χ0v) is 25.4. The molecule has 2 aliphatic heterocycles. The van der Waals surface area contributed by atoms with Gasteiger partial charge in [-0.05, 0) is 0 Å². The van der Waals surface area contributed by atoms with Crippen molar-refractivity contribution in [3.8, 4) is 0 Å². The Morgan fingerprint density at radius 1 is 0.591 bits per heavy atom. The van der Waals surface area contributed by atoms with Gasteiger partial charge >= 0.3 is 258 Å². The Hall–Kier alpha value is -5.12. The third kappa shape index (κ3) is 3.42. The summed E-state index contributed by atoms with van der Waals surface area (Å²) in [6.07, 6.45) is 0. The Morgan fingerprint density at radius 2 is 1.00 bits per heavy atom. The zero-order chi connectivity index (χ0) is 30.4. The van der Waals surface area contributed by atoms with E-state index < -0.39 is 12.5 Å². The molecular weight excluding hydrogens is 563 g/mol. The number of hydrogen-bond acceptors (Lipinski definition) is 5. The minimum absolute atomic E-state index is 0.204. The maximum atomic E-state index is 14.5. The van der Waals surface area contributed by atoms with Crippen LogP contribution in [0.25, 0.3) is 0 Å². The van der Waals surface area contributed by atoms with Gasteiger partial charge in [-0.1, -0.05) is 0 Å². The van der Waals surface area contributed by atoms with Crippen molar-refractivity contribution in [1.29, 1.82) is 0 Å². The minimum atomic E-state index is -4.57. The van der Waals surface area contributed by atoms with Crippen LogP contribution in [0.15, 0.2) is 168 Å². The molecule has 5 aromatic rings. The van der Waals surface area contributed by atoms with Crippen molar-refractivity contribution in [1.82, 2.24) is 4.67 Å². The fraction of sp³-hybridized carbons (Fsp3) is 0.0789. The SMILES string of the molecule is CC(=O)C1=C(C(C)=O)P2(c3ccccc3)(c3ccccc3)ON=C(c3ccccc3)N2C1(c1ccccc1)c1ccccc1. The van der Waals surface area contributed by atoms with Crippen molar-refractivity contribution >= 4 is 35.0 Å². The number of Topliss-reactive ketones (excluding diaryl/α,β-unsaturated/α-hetero) is 2. The van der Waals surface area contributed by atoms with Gasteiger partial charge < -0.3 is 0 Å². The molecule has 0 fully saturated rings. The Morgan fingerprint density at radius 3 is 1.41 bits per heavy atom. The predicted molar refractivity (Wildman–Crippen MR) is 177 cm³/mol.